The molecular weight excluding hydrogens is 523 g/mol. The Bertz CT molecular complexity index is 1300. The zero-order valence-electron chi connectivity index (χ0n) is 21.6. The second-order valence-corrected chi connectivity index (χ2v) is 9.55. The number of ether oxygens (including phenoxy) is 1. The maximum atomic E-state index is 13.5. The molecule has 0 bridgehead atoms. The number of carbonyl (C=O) groups excluding carboxylic acids is 3. The van der Waals surface area contributed by atoms with Crippen molar-refractivity contribution in [2.24, 2.45) is 0 Å². The predicted octanol–water partition coefficient (Wildman–Crippen LogP) is 4.17. The van der Waals surface area contributed by atoms with Gasteiger partial charge in [0.2, 0.25) is 5.91 Å². The van der Waals surface area contributed by atoms with Gasteiger partial charge in [-0.15, -0.1) is 0 Å². The van der Waals surface area contributed by atoms with Crippen molar-refractivity contribution >= 4 is 40.7 Å². The predicted molar refractivity (Wildman–Crippen MR) is 149 cm³/mol. The molecule has 1 N–H and O–H groups in total. The van der Waals surface area contributed by atoms with Crippen LogP contribution >= 0.6 is 11.6 Å². The molecule has 0 saturated carbocycles. The first-order valence-electron chi connectivity index (χ1n) is 12.6. The maximum Gasteiger partial charge on any atom is 0.254 e. The highest BCUT2D eigenvalue weighted by Gasteiger charge is 2.23. The standard InChI is InChI=1S/C29H30ClFN4O4/c1-39-18-17-35(28(37)21-5-7-23(30)8-6-21)20-27(36)32-25-9-11-26(12-10-25)33-13-15-34(16-14-33)29(38)22-3-2-4-24(31)19-22/h2-12,19H,13-18,20H2,1H3,(H,32,36). The quantitative estimate of drug-likeness (QED) is 0.431. The van der Waals surface area contributed by atoms with E-state index in [0.717, 1.165) is 5.69 Å². The van der Waals surface area contributed by atoms with Gasteiger partial charge in [0.15, 0.2) is 0 Å². The molecule has 204 valence electrons. The number of amides is 3. The summed E-state index contributed by atoms with van der Waals surface area (Å²) in [7, 11) is 1.54. The zero-order chi connectivity index (χ0) is 27.8. The minimum Gasteiger partial charge on any atom is -0.383 e. The third-order valence-electron chi connectivity index (χ3n) is 6.43. The van der Waals surface area contributed by atoms with Gasteiger partial charge in [-0.3, -0.25) is 14.4 Å². The summed E-state index contributed by atoms with van der Waals surface area (Å²) in [4.78, 5) is 43.7. The van der Waals surface area contributed by atoms with E-state index in [9.17, 15) is 18.8 Å². The summed E-state index contributed by atoms with van der Waals surface area (Å²) in [6.45, 7) is 2.73. The highest BCUT2D eigenvalue weighted by atomic mass is 35.5. The number of carbonyl (C=O) groups is 3. The van der Waals surface area contributed by atoms with Gasteiger partial charge in [0.05, 0.1) is 6.61 Å². The summed E-state index contributed by atoms with van der Waals surface area (Å²) < 4.78 is 18.6. The molecule has 0 aliphatic carbocycles. The summed E-state index contributed by atoms with van der Waals surface area (Å²) in [6.07, 6.45) is 0. The van der Waals surface area contributed by atoms with E-state index in [0.29, 0.717) is 54.6 Å². The lowest BCUT2D eigenvalue weighted by atomic mass is 10.1. The first-order chi connectivity index (χ1) is 18.8. The van der Waals surface area contributed by atoms with Crippen LogP contribution in [-0.2, 0) is 9.53 Å². The van der Waals surface area contributed by atoms with Crippen molar-refractivity contribution in [2.45, 2.75) is 0 Å². The zero-order valence-corrected chi connectivity index (χ0v) is 22.4. The molecule has 0 unspecified atom stereocenters. The molecule has 1 aliphatic rings. The Morgan fingerprint density at radius 2 is 1.64 bits per heavy atom. The Morgan fingerprint density at radius 1 is 0.949 bits per heavy atom. The van der Waals surface area contributed by atoms with E-state index in [2.05, 4.69) is 10.2 Å². The monoisotopic (exact) mass is 552 g/mol. The minimum absolute atomic E-state index is 0.131. The van der Waals surface area contributed by atoms with Crippen molar-refractivity contribution in [1.82, 2.24) is 9.80 Å². The van der Waals surface area contributed by atoms with Crippen molar-refractivity contribution in [3.8, 4) is 0 Å². The lowest BCUT2D eigenvalue weighted by molar-refractivity contribution is -0.117. The van der Waals surface area contributed by atoms with Crippen LogP contribution in [0.2, 0.25) is 5.02 Å². The van der Waals surface area contributed by atoms with Crippen LogP contribution in [-0.4, -0.2) is 80.5 Å². The van der Waals surface area contributed by atoms with Gasteiger partial charge in [-0.2, -0.15) is 0 Å². The number of benzene rings is 3. The van der Waals surface area contributed by atoms with E-state index in [1.165, 1.54) is 30.2 Å². The van der Waals surface area contributed by atoms with Gasteiger partial charge in [0, 0.05) is 67.4 Å². The summed E-state index contributed by atoms with van der Waals surface area (Å²) in [5.74, 6) is -1.22. The Hall–Kier alpha value is -3.95. The Morgan fingerprint density at radius 3 is 2.28 bits per heavy atom. The third kappa shape index (κ3) is 7.55. The van der Waals surface area contributed by atoms with Gasteiger partial charge in [-0.05, 0) is 66.7 Å². The summed E-state index contributed by atoms with van der Waals surface area (Å²) in [6, 6.07) is 19.7. The number of nitrogens with zero attached hydrogens (tertiary/aromatic N) is 3. The number of piperazine rings is 1. The third-order valence-corrected chi connectivity index (χ3v) is 6.68. The molecule has 1 heterocycles. The van der Waals surface area contributed by atoms with E-state index in [4.69, 9.17) is 16.3 Å². The molecule has 3 aromatic carbocycles. The molecule has 3 amide bonds. The molecule has 1 saturated heterocycles. The normalized spacial score (nSPS) is 13.2. The number of rotatable bonds is 9. The minimum atomic E-state index is -0.428. The topological polar surface area (TPSA) is 82.2 Å². The average Bonchev–Trinajstić information content (AvgIpc) is 2.95. The van der Waals surface area contributed by atoms with Crippen molar-refractivity contribution < 1.29 is 23.5 Å². The Labute approximate surface area is 231 Å². The van der Waals surface area contributed by atoms with Crippen molar-refractivity contribution in [3.63, 3.8) is 0 Å². The highest BCUT2D eigenvalue weighted by molar-refractivity contribution is 6.30. The summed E-state index contributed by atoms with van der Waals surface area (Å²) in [5.41, 5.74) is 2.35. The largest absolute Gasteiger partial charge is 0.383 e. The van der Waals surface area contributed by atoms with Crippen LogP contribution in [0.4, 0.5) is 15.8 Å². The fourth-order valence-electron chi connectivity index (χ4n) is 4.33. The van der Waals surface area contributed by atoms with Gasteiger partial charge < -0.3 is 24.8 Å². The fraction of sp³-hybridized carbons (Fsp3) is 0.276. The van der Waals surface area contributed by atoms with Crippen molar-refractivity contribution in [1.29, 1.82) is 0 Å². The second-order valence-electron chi connectivity index (χ2n) is 9.11. The van der Waals surface area contributed by atoms with Gasteiger partial charge >= 0.3 is 0 Å². The smallest absolute Gasteiger partial charge is 0.254 e. The van der Waals surface area contributed by atoms with E-state index in [-0.39, 0.29) is 30.8 Å². The molecule has 0 spiro atoms. The summed E-state index contributed by atoms with van der Waals surface area (Å²) >= 11 is 5.92. The Kier molecular flexibility index (Phi) is 9.51. The molecule has 4 rings (SSSR count). The SMILES string of the molecule is COCCN(CC(=O)Nc1ccc(N2CCN(C(=O)c3cccc(F)c3)CC2)cc1)C(=O)c1ccc(Cl)cc1. The molecule has 0 atom stereocenters. The number of halogens is 2. The van der Waals surface area contributed by atoms with E-state index < -0.39 is 5.82 Å². The lowest BCUT2D eigenvalue weighted by Crippen LogP contribution is -2.48. The van der Waals surface area contributed by atoms with Crippen LogP contribution < -0.4 is 10.2 Å². The molecular formula is C29H30ClFN4O4. The average molecular weight is 553 g/mol. The van der Waals surface area contributed by atoms with Gasteiger partial charge in [-0.25, -0.2) is 4.39 Å². The van der Waals surface area contributed by atoms with Crippen LogP contribution in [0.1, 0.15) is 20.7 Å². The molecule has 1 aliphatic heterocycles. The van der Waals surface area contributed by atoms with Gasteiger partial charge in [-0.1, -0.05) is 17.7 Å². The summed E-state index contributed by atoms with van der Waals surface area (Å²) in [5, 5.41) is 3.37. The van der Waals surface area contributed by atoms with Crippen LogP contribution in [0, 0.1) is 5.82 Å². The van der Waals surface area contributed by atoms with Gasteiger partial charge in [0.25, 0.3) is 11.8 Å². The van der Waals surface area contributed by atoms with Crippen LogP contribution in [0.15, 0.2) is 72.8 Å². The maximum absolute atomic E-state index is 13.5. The first kappa shape index (κ1) is 28.1. The van der Waals surface area contributed by atoms with Crippen LogP contribution in [0.5, 0.6) is 0 Å². The van der Waals surface area contributed by atoms with E-state index in [1.807, 2.05) is 12.1 Å². The van der Waals surface area contributed by atoms with Crippen molar-refractivity contribution in [2.75, 3.05) is 63.2 Å². The van der Waals surface area contributed by atoms with Crippen LogP contribution in [0.25, 0.3) is 0 Å². The first-order valence-corrected chi connectivity index (χ1v) is 13.0. The Balaban J connectivity index is 1.31. The molecule has 0 radical (unpaired) electrons. The molecule has 3 aromatic rings. The van der Waals surface area contributed by atoms with Crippen LogP contribution in [0.3, 0.4) is 0 Å². The number of methoxy groups -OCH3 is 1. The van der Waals surface area contributed by atoms with E-state index >= 15 is 0 Å². The number of anilines is 2. The van der Waals surface area contributed by atoms with Gasteiger partial charge in [0.1, 0.15) is 12.4 Å². The van der Waals surface area contributed by atoms with E-state index in [1.54, 1.807) is 47.4 Å². The number of nitrogens with one attached hydrogen (secondary N) is 1. The number of hydrogen-bond acceptors (Lipinski definition) is 5. The highest BCUT2D eigenvalue weighted by Crippen LogP contribution is 2.21. The second kappa shape index (κ2) is 13.2. The lowest BCUT2D eigenvalue weighted by Gasteiger charge is -2.36. The molecule has 1 fully saturated rings. The molecule has 10 heteroatoms. The molecule has 8 nitrogen and oxygen atoms in total. The van der Waals surface area contributed by atoms with Crippen molar-refractivity contribution in [3.05, 3.63) is 94.8 Å². The molecule has 0 aromatic heterocycles. The number of hydrogen-bond donors (Lipinski definition) is 1. The molecule has 39 heavy (non-hydrogen) atoms. The fourth-order valence-corrected chi connectivity index (χ4v) is 4.46.